The van der Waals surface area contributed by atoms with Crippen LogP contribution in [0.15, 0.2) is 36.4 Å². The minimum atomic E-state index is -3.82. The molecule has 2 aromatic carbocycles. The Morgan fingerprint density at radius 3 is 2.58 bits per heavy atom. The van der Waals surface area contributed by atoms with Crippen LogP contribution in [0.2, 0.25) is 5.02 Å². The molecular formula is C22H24ClFN2O4S. The first-order valence-electron chi connectivity index (χ1n) is 10.2. The van der Waals surface area contributed by atoms with E-state index >= 15 is 0 Å². The second kappa shape index (κ2) is 8.67. The van der Waals surface area contributed by atoms with E-state index in [2.05, 4.69) is 29.2 Å². The van der Waals surface area contributed by atoms with Crippen LogP contribution in [0.5, 0.6) is 5.75 Å². The number of hydrogen-bond donors (Lipinski definition) is 1. The molecule has 1 aliphatic heterocycles. The molecule has 6 nitrogen and oxygen atoms in total. The van der Waals surface area contributed by atoms with Gasteiger partial charge in [0, 0.05) is 18.3 Å². The molecule has 0 spiro atoms. The van der Waals surface area contributed by atoms with Crippen molar-refractivity contribution in [1.82, 2.24) is 4.72 Å². The summed E-state index contributed by atoms with van der Waals surface area (Å²) in [5.41, 5.74) is 2.07. The van der Waals surface area contributed by atoms with Crippen molar-refractivity contribution in [2.75, 3.05) is 24.3 Å². The number of carbonyl (C=O) groups excluding carboxylic acids is 1. The number of rotatable bonds is 7. The number of nitrogens with zero attached hydrogens (tertiary/aromatic N) is 1. The van der Waals surface area contributed by atoms with Crippen LogP contribution in [0.4, 0.5) is 10.1 Å². The molecule has 0 unspecified atom stereocenters. The van der Waals surface area contributed by atoms with Gasteiger partial charge < -0.3 is 9.64 Å². The van der Waals surface area contributed by atoms with Crippen LogP contribution in [-0.4, -0.2) is 39.8 Å². The Balaban J connectivity index is 1.43. The van der Waals surface area contributed by atoms with E-state index in [0.29, 0.717) is 12.5 Å². The summed E-state index contributed by atoms with van der Waals surface area (Å²) in [4.78, 5) is 14.2. The van der Waals surface area contributed by atoms with Crippen LogP contribution in [0.3, 0.4) is 0 Å². The predicted molar refractivity (Wildman–Crippen MR) is 118 cm³/mol. The van der Waals surface area contributed by atoms with Crippen molar-refractivity contribution < 1.29 is 22.3 Å². The fraction of sp³-hybridized carbons (Fsp3) is 0.409. The zero-order chi connectivity index (χ0) is 22.2. The Morgan fingerprint density at radius 1 is 1.23 bits per heavy atom. The smallest absolute Gasteiger partial charge is 0.267 e. The van der Waals surface area contributed by atoms with Crippen LogP contribution in [-0.2, 0) is 10.0 Å². The maximum atomic E-state index is 14.4. The molecule has 1 saturated heterocycles. The normalized spacial score (nSPS) is 18.8. The lowest BCUT2D eigenvalue weighted by Crippen LogP contribution is -2.34. The van der Waals surface area contributed by atoms with Gasteiger partial charge >= 0.3 is 0 Å². The maximum Gasteiger partial charge on any atom is 0.267 e. The maximum absolute atomic E-state index is 14.4. The summed E-state index contributed by atoms with van der Waals surface area (Å²) in [6, 6.07) is 10.9. The first-order chi connectivity index (χ1) is 14.7. The molecule has 1 atom stereocenters. The van der Waals surface area contributed by atoms with E-state index in [-0.39, 0.29) is 16.8 Å². The van der Waals surface area contributed by atoms with Crippen molar-refractivity contribution in [1.29, 1.82) is 0 Å². The van der Waals surface area contributed by atoms with Crippen LogP contribution in [0.1, 0.15) is 47.5 Å². The Hall–Kier alpha value is -2.32. The van der Waals surface area contributed by atoms with Crippen LogP contribution in [0, 0.1) is 5.82 Å². The van der Waals surface area contributed by atoms with E-state index in [1.165, 1.54) is 18.4 Å². The lowest BCUT2D eigenvalue weighted by atomic mass is 10.1. The van der Waals surface area contributed by atoms with E-state index in [4.69, 9.17) is 16.3 Å². The number of ether oxygens (including phenoxy) is 1. The highest BCUT2D eigenvalue weighted by Crippen LogP contribution is 2.40. The van der Waals surface area contributed by atoms with Crippen LogP contribution < -0.4 is 14.4 Å². The SMILES string of the molecule is CS(=O)(=O)NC(=O)c1cc(Cl)c(OC[C@H]2CCCN2c2ccc(C3CC3)cc2)cc1F. The number of hydrogen-bond acceptors (Lipinski definition) is 5. The molecule has 0 bridgehead atoms. The van der Waals surface area contributed by atoms with E-state index in [0.717, 1.165) is 43.5 Å². The standard InChI is InChI=1S/C22H24ClFN2O4S/c1-31(28,29)25-22(27)18-11-19(23)21(12-20(18)24)30-13-17-3-2-10-26(17)16-8-6-15(7-9-16)14-4-5-14/h6-9,11-12,14,17H,2-5,10,13H2,1H3,(H,25,27)/t17-/m1/s1. The minimum Gasteiger partial charge on any atom is -0.490 e. The van der Waals surface area contributed by atoms with Gasteiger partial charge in [0.25, 0.3) is 5.91 Å². The molecule has 1 aliphatic carbocycles. The summed E-state index contributed by atoms with van der Waals surface area (Å²) in [6.07, 6.45) is 5.33. The highest BCUT2D eigenvalue weighted by molar-refractivity contribution is 7.89. The molecule has 1 amide bonds. The fourth-order valence-electron chi connectivity index (χ4n) is 3.93. The summed E-state index contributed by atoms with van der Waals surface area (Å²) in [7, 11) is -3.82. The Kier molecular flexibility index (Phi) is 6.12. The Bertz CT molecular complexity index is 1090. The van der Waals surface area contributed by atoms with Gasteiger partial charge in [-0.1, -0.05) is 23.7 Å². The molecule has 4 rings (SSSR count). The van der Waals surface area contributed by atoms with Crippen LogP contribution >= 0.6 is 11.6 Å². The van der Waals surface area contributed by atoms with Crippen LogP contribution in [0.25, 0.3) is 0 Å². The summed E-state index contributed by atoms with van der Waals surface area (Å²) < 4.78 is 44.4. The van der Waals surface area contributed by atoms with Gasteiger partial charge in [0.1, 0.15) is 18.2 Å². The summed E-state index contributed by atoms with van der Waals surface area (Å²) in [6.45, 7) is 1.24. The van der Waals surface area contributed by atoms with Crippen molar-refractivity contribution in [3.63, 3.8) is 0 Å². The third kappa shape index (κ3) is 5.30. The molecule has 31 heavy (non-hydrogen) atoms. The molecule has 9 heteroatoms. The number of carbonyl (C=O) groups is 1. The van der Waals surface area contributed by atoms with Gasteiger partial charge in [0.15, 0.2) is 0 Å². The number of nitrogens with one attached hydrogen (secondary N) is 1. The van der Waals surface area contributed by atoms with Crippen molar-refractivity contribution in [3.8, 4) is 5.75 Å². The number of anilines is 1. The molecular weight excluding hydrogens is 443 g/mol. The van der Waals surface area contributed by atoms with E-state index in [1.807, 2.05) is 0 Å². The van der Waals surface area contributed by atoms with E-state index in [9.17, 15) is 17.6 Å². The predicted octanol–water partition coefficient (Wildman–Crippen LogP) is 4.09. The summed E-state index contributed by atoms with van der Waals surface area (Å²) >= 11 is 6.17. The monoisotopic (exact) mass is 466 g/mol. The number of amides is 1. The first-order valence-corrected chi connectivity index (χ1v) is 12.5. The van der Waals surface area contributed by atoms with Crippen molar-refractivity contribution in [2.45, 2.75) is 37.6 Å². The number of halogens is 2. The van der Waals surface area contributed by atoms with E-state index < -0.39 is 27.3 Å². The van der Waals surface area contributed by atoms with Crippen molar-refractivity contribution in [2.24, 2.45) is 0 Å². The second-order valence-corrected chi connectivity index (χ2v) is 10.3. The zero-order valence-electron chi connectivity index (χ0n) is 17.1. The fourth-order valence-corrected chi connectivity index (χ4v) is 4.59. The van der Waals surface area contributed by atoms with Gasteiger partial charge in [-0.3, -0.25) is 4.79 Å². The van der Waals surface area contributed by atoms with E-state index in [1.54, 1.807) is 4.72 Å². The summed E-state index contributed by atoms with van der Waals surface area (Å²) in [5, 5.41) is 0.0402. The van der Waals surface area contributed by atoms with Gasteiger partial charge in [-0.05, 0) is 55.4 Å². The highest BCUT2D eigenvalue weighted by atomic mass is 35.5. The molecule has 2 aromatic rings. The zero-order valence-corrected chi connectivity index (χ0v) is 18.7. The average molecular weight is 467 g/mol. The average Bonchev–Trinajstić information content (AvgIpc) is 3.45. The Labute approximate surface area is 186 Å². The quantitative estimate of drug-likeness (QED) is 0.665. The third-order valence-corrected chi connectivity index (χ3v) is 6.48. The third-order valence-electron chi connectivity index (χ3n) is 5.63. The second-order valence-electron chi connectivity index (χ2n) is 8.13. The number of sulfonamides is 1. The number of benzene rings is 2. The first kappa shape index (κ1) is 21.9. The topological polar surface area (TPSA) is 75.7 Å². The lowest BCUT2D eigenvalue weighted by Gasteiger charge is -2.27. The Morgan fingerprint density at radius 2 is 1.94 bits per heavy atom. The van der Waals surface area contributed by atoms with Gasteiger partial charge in [-0.2, -0.15) is 0 Å². The minimum absolute atomic E-state index is 0.0402. The van der Waals surface area contributed by atoms with Gasteiger partial charge in [0.05, 0.1) is 22.9 Å². The molecule has 2 aliphatic rings. The van der Waals surface area contributed by atoms with Gasteiger partial charge in [-0.25, -0.2) is 17.5 Å². The van der Waals surface area contributed by atoms with Crippen molar-refractivity contribution >= 4 is 33.2 Å². The van der Waals surface area contributed by atoms with Crippen molar-refractivity contribution in [3.05, 3.63) is 58.4 Å². The summed E-state index contributed by atoms with van der Waals surface area (Å²) in [5.74, 6) is -1.15. The largest absolute Gasteiger partial charge is 0.490 e. The highest BCUT2D eigenvalue weighted by Gasteiger charge is 2.28. The molecule has 0 aromatic heterocycles. The lowest BCUT2D eigenvalue weighted by molar-refractivity contribution is 0.0977. The molecule has 166 valence electrons. The van der Waals surface area contributed by atoms with Gasteiger partial charge in [-0.15, -0.1) is 0 Å². The molecule has 1 heterocycles. The molecule has 1 saturated carbocycles. The molecule has 2 fully saturated rings. The van der Waals surface area contributed by atoms with Gasteiger partial charge in [0.2, 0.25) is 10.0 Å². The molecule has 1 N–H and O–H groups in total. The molecule has 0 radical (unpaired) electrons.